The minimum atomic E-state index is -0.402. The molecule has 0 aliphatic rings. The minimum Gasteiger partial charge on any atom is -0.465 e. The third-order valence-corrected chi connectivity index (χ3v) is 3.21. The molecule has 0 N–H and O–H groups in total. The van der Waals surface area contributed by atoms with Gasteiger partial charge in [-0.1, -0.05) is 6.07 Å². The molecule has 0 spiro atoms. The van der Waals surface area contributed by atoms with Crippen LogP contribution in [0.15, 0.2) is 54.9 Å². The number of benzene rings is 1. The fourth-order valence-corrected chi connectivity index (χ4v) is 2.18. The maximum atomic E-state index is 12.4. The molecule has 2 aromatic heterocycles. The molecule has 5 heteroatoms. The Bertz CT molecular complexity index is 822. The Morgan fingerprint density at radius 1 is 1.14 bits per heavy atom. The van der Waals surface area contributed by atoms with Gasteiger partial charge < -0.3 is 4.74 Å². The van der Waals surface area contributed by atoms with Gasteiger partial charge in [-0.2, -0.15) is 0 Å². The maximum Gasteiger partial charge on any atom is 0.337 e. The third-order valence-electron chi connectivity index (χ3n) is 3.21. The molecule has 0 bridgehead atoms. The molecular formula is C16H12N2O3. The number of nitrogens with zero attached hydrogens (tertiary/aromatic N) is 2. The van der Waals surface area contributed by atoms with E-state index in [0.717, 1.165) is 10.9 Å². The third kappa shape index (κ3) is 2.29. The van der Waals surface area contributed by atoms with Gasteiger partial charge in [-0.25, -0.2) is 4.79 Å². The molecule has 3 aromatic rings. The lowest BCUT2D eigenvalue weighted by molar-refractivity contribution is 0.0601. The normalized spacial score (nSPS) is 10.5. The molecule has 0 fully saturated rings. The van der Waals surface area contributed by atoms with Crippen LogP contribution in [0.3, 0.4) is 0 Å². The van der Waals surface area contributed by atoms with Gasteiger partial charge in [0.25, 0.3) is 5.91 Å². The average molecular weight is 280 g/mol. The van der Waals surface area contributed by atoms with Crippen LogP contribution in [-0.4, -0.2) is 28.5 Å². The Morgan fingerprint density at radius 3 is 2.71 bits per heavy atom. The Hall–Kier alpha value is -2.95. The maximum absolute atomic E-state index is 12.4. The number of methoxy groups -OCH3 is 1. The van der Waals surface area contributed by atoms with Gasteiger partial charge in [0.15, 0.2) is 0 Å². The Labute approximate surface area is 120 Å². The first-order chi connectivity index (χ1) is 10.2. The summed E-state index contributed by atoms with van der Waals surface area (Å²) in [6, 6.07) is 12.0. The Balaban J connectivity index is 2.05. The van der Waals surface area contributed by atoms with E-state index in [1.165, 1.54) is 11.7 Å². The molecule has 0 saturated carbocycles. The second-order valence-electron chi connectivity index (χ2n) is 4.47. The van der Waals surface area contributed by atoms with E-state index >= 15 is 0 Å². The van der Waals surface area contributed by atoms with Crippen molar-refractivity contribution < 1.29 is 14.3 Å². The quantitative estimate of drug-likeness (QED) is 0.677. The van der Waals surface area contributed by atoms with Gasteiger partial charge in [-0.3, -0.25) is 14.3 Å². The summed E-state index contributed by atoms with van der Waals surface area (Å²) >= 11 is 0. The van der Waals surface area contributed by atoms with Crippen LogP contribution in [0.5, 0.6) is 0 Å². The number of carbonyl (C=O) groups is 2. The van der Waals surface area contributed by atoms with Crippen molar-refractivity contribution in [3.8, 4) is 0 Å². The summed E-state index contributed by atoms with van der Waals surface area (Å²) < 4.78 is 6.20. The van der Waals surface area contributed by atoms with Crippen LogP contribution in [0.4, 0.5) is 0 Å². The van der Waals surface area contributed by atoms with E-state index in [4.69, 9.17) is 0 Å². The molecule has 0 saturated heterocycles. The highest BCUT2D eigenvalue weighted by Gasteiger charge is 2.14. The number of hydrogen-bond acceptors (Lipinski definition) is 4. The number of pyridine rings is 1. The molecule has 0 atom stereocenters. The zero-order chi connectivity index (χ0) is 14.8. The fraction of sp³-hybridized carbons (Fsp3) is 0.0625. The molecule has 3 rings (SSSR count). The number of aromatic nitrogens is 2. The molecule has 0 radical (unpaired) electrons. The van der Waals surface area contributed by atoms with Crippen LogP contribution in [0, 0.1) is 0 Å². The lowest BCUT2D eigenvalue weighted by Crippen LogP contribution is -2.12. The molecule has 2 heterocycles. The standard InChI is InChI=1S/C16H12N2O3/c1-21-16(20)12-5-6-14-11(10-12)7-9-18(14)15(19)13-4-2-3-8-17-13/h2-10H,1H3. The SMILES string of the molecule is COC(=O)c1ccc2c(ccn2C(=O)c2ccccn2)c1. The molecule has 104 valence electrons. The van der Waals surface area contributed by atoms with Gasteiger partial charge in [0.05, 0.1) is 18.2 Å². The second kappa shape index (κ2) is 5.20. The van der Waals surface area contributed by atoms with Crippen LogP contribution in [-0.2, 0) is 4.74 Å². The van der Waals surface area contributed by atoms with E-state index in [1.807, 2.05) is 0 Å². The van der Waals surface area contributed by atoms with Crippen LogP contribution < -0.4 is 0 Å². The smallest absolute Gasteiger partial charge is 0.337 e. The van der Waals surface area contributed by atoms with Crippen molar-refractivity contribution in [2.75, 3.05) is 7.11 Å². The molecule has 1 aromatic carbocycles. The van der Waals surface area contributed by atoms with E-state index in [9.17, 15) is 9.59 Å². The number of fused-ring (bicyclic) bond motifs is 1. The van der Waals surface area contributed by atoms with Crippen LogP contribution in [0.25, 0.3) is 10.9 Å². The number of ether oxygens (including phenoxy) is 1. The highest BCUT2D eigenvalue weighted by molar-refractivity contribution is 6.02. The lowest BCUT2D eigenvalue weighted by Gasteiger charge is -2.04. The van der Waals surface area contributed by atoms with Crippen molar-refractivity contribution in [1.82, 2.24) is 9.55 Å². The molecule has 0 unspecified atom stereocenters. The molecule has 21 heavy (non-hydrogen) atoms. The van der Waals surface area contributed by atoms with Gasteiger partial charge in [0.2, 0.25) is 0 Å². The van der Waals surface area contributed by atoms with Gasteiger partial charge in [0.1, 0.15) is 5.69 Å². The molecular weight excluding hydrogens is 268 g/mol. The van der Waals surface area contributed by atoms with Crippen molar-refractivity contribution >= 4 is 22.8 Å². The Kier molecular flexibility index (Phi) is 3.23. The number of esters is 1. The van der Waals surface area contributed by atoms with E-state index in [0.29, 0.717) is 11.3 Å². The fourth-order valence-electron chi connectivity index (χ4n) is 2.18. The van der Waals surface area contributed by atoms with Crippen molar-refractivity contribution in [2.24, 2.45) is 0 Å². The largest absolute Gasteiger partial charge is 0.465 e. The number of carbonyl (C=O) groups excluding carboxylic acids is 2. The lowest BCUT2D eigenvalue weighted by atomic mass is 10.1. The monoisotopic (exact) mass is 280 g/mol. The second-order valence-corrected chi connectivity index (χ2v) is 4.47. The summed E-state index contributed by atoms with van der Waals surface area (Å²) in [4.78, 5) is 28.0. The van der Waals surface area contributed by atoms with Crippen molar-refractivity contribution in [3.05, 3.63) is 66.1 Å². The summed E-state index contributed by atoms with van der Waals surface area (Å²) in [5, 5.41) is 0.794. The first-order valence-electron chi connectivity index (χ1n) is 6.36. The number of rotatable bonds is 2. The summed E-state index contributed by atoms with van der Waals surface area (Å²) in [6.07, 6.45) is 3.25. The summed E-state index contributed by atoms with van der Waals surface area (Å²) in [5.74, 6) is -0.614. The highest BCUT2D eigenvalue weighted by Crippen LogP contribution is 2.19. The zero-order valence-electron chi connectivity index (χ0n) is 11.3. The van der Waals surface area contributed by atoms with E-state index < -0.39 is 5.97 Å². The summed E-state index contributed by atoms with van der Waals surface area (Å²) in [7, 11) is 1.34. The molecule has 0 aliphatic heterocycles. The summed E-state index contributed by atoms with van der Waals surface area (Å²) in [6.45, 7) is 0. The first kappa shape index (κ1) is 13.1. The van der Waals surface area contributed by atoms with E-state index in [1.54, 1.807) is 54.9 Å². The Morgan fingerprint density at radius 2 is 2.00 bits per heavy atom. The summed E-state index contributed by atoms with van der Waals surface area (Å²) in [5.41, 5.74) is 1.54. The molecule has 5 nitrogen and oxygen atoms in total. The topological polar surface area (TPSA) is 61.2 Å². The predicted octanol–water partition coefficient (Wildman–Crippen LogP) is 2.51. The molecule has 0 amide bonds. The highest BCUT2D eigenvalue weighted by atomic mass is 16.5. The van der Waals surface area contributed by atoms with Crippen molar-refractivity contribution in [2.45, 2.75) is 0 Å². The first-order valence-corrected chi connectivity index (χ1v) is 6.36. The predicted molar refractivity (Wildman–Crippen MR) is 77.2 cm³/mol. The van der Waals surface area contributed by atoms with Crippen LogP contribution >= 0.6 is 0 Å². The van der Waals surface area contributed by atoms with Crippen LogP contribution in [0.1, 0.15) is 20.8 Å². The van der Waals surface area contributed by atoms with Crippen molar-refractivity contribution in [1.29, 1.82) is 0 Å². The van der Waals surface area contributed by atoms with Gasteiger partial charge >= 0.3 is 5.97 Å². The average Bonchev–Trinajstić information content (AvgIpc) is 2.97. The van der Waals surface area contributed by atoms with Crippen LogP contribution in [0.2, 0.25) is 0 Å². The number of hydrogen-bond donors (Lipinski definition) is 0. The van der Waals surface area contributed by atoms with Gasteiger partial charge in [-0.05, 0) is 36.4 Å². The molecule has 0 aliphatic carbocycles. The van der Waals surface area contributed by atoms with Gasteiger partial charge in [0, 0.05) is 17.8 Å². The van der Waals surface area contributed by atoms with E-state index in [-0.39, 0.29) is 5.91 Å². The van der Waals surface area contributed by atoms with Gasteiger partial charge in [-0.15, -0.1) is 0 Å². The van der Waals surface area contributed by atoms with E-state index in [2.05, 4.69) is 9.72 Å². The minimum absolute atomic E-state index is 0.212. The zero-order valence-corrected chi connectivity index (χ0v) is 11.3. The van der Waals surface area contributed by atoms with Crippen molar-refractivity contribution in [3.63, 3.8) is 0 Å².